The van der Waals surface area contributed by atoms with Crippen LogP contribution in [0.15, 0.2) is 24.3 Å². The molecular weight excluding hydrogens is 361 g/mol. The van der Waals surface area contributed by atoms with Gasteiger partial charge in [-0.2, -0.15) is 5.10 Å². The highest BCUT2D eigenvalue weighted by Gasteiger charge is 2.21. The van der Waals surface area contributed by atoms with Crippen LogP contribution in [0.1, 0.15) is 50.5 Å². The Balaban J connectivity index is 2.26. The minimum absolute atomic E-state index is 0.180. The standard InChI is InChI=1S/C20H32FN5S/c1-6-8-13-25-19(18(7-2)23(3)4)22-26(20(25)27)15-24(5)14-16-11-9-10-12-17(16)21/h9-12,18H,6-8,13-15H2,1-5H3. The molecule has 1 atom stereocenters. The van der Waals surface area contributed by atoms with Crippen LogP contribution >= 0.6 is 12.2 Å². The van der Waals surface area contributed by atoms with Gasteiger partial charge >= 0.3 is 0 Å². The summed E-state index contributed by atoms with van der Waals surface area (Å²) >= 11 is 5.73. The summed E-state index contributed by atoms with van der Waals surface area (Å²) in [4.78, 5) is 4.22. The predicted octanol–water partition coefficient (Wildman–Crippen LogP) is 4.46. The Labute approximate surface area is 167 Å². The summed E-state index contributed by atoms with van der Waals surface area (Å²) < 4.78 is 18.7. The Bertz CT molecular complexity index is 783. The van der Waals surface area contributed by atoms with Gasteiger partial charge in [0.2, 0.25) is 0 Å². The molecule has 0 radical (unpaired) electrons. The first-order valence-corrected chi connectivity index (χ1v) is 10.1. The Kier molecular flexibility index (Phi) is 8.13. The zero-order chi connectivity index (χ0) is 20.0. The zero-order valence-corrected chi connectivity index (χ0v) is 18.0. The molecule has 0 saturated carbocycles. The number of hydrogen-bond acceptors (Lipinski definition) is 4. The Morgan fingerprint density at radius 2 is 1.89 bits per heavy atom. The maximum atomic E-state index is 13.9. The molecule has 7 heteroatoms. The van der Waals surface area contributed by atoms with Gasteiger partial charge in [0.05, 0.1) is 12.7 Å². The molecule has 0 amide bonds. The first kappa shape index (κ1) is 21.7. The van der Waals surface area contributed by atoms with Gasteiger partial charge in [0.25, 0.3) is 0 Å². The highest BCUT2D eigenvalue weighted by Crippen LogP contribution is 2.21. The van der Waals surface area contributed by atoms with Crippen molar-refractivity contribution in [2.24, 2.45) is 0 Å². The van der Waals surface area contributed by atoms with Gasteiger partial charge in [-0.15, -0.1) is 0 Å². The summed E-state index contributed by atoms with van der Waals surface area (Å²) in [5, 5.41) is 4.86. The average Bonchev–Trinajstić information content (AvgIpc) is 2.91. The van der Waals surface area contributed by atoms with Gasteiger partial charge in [-0.25, -0.2) is 9.07 Å². The summed E-state index contributed by atoms with van der Waals surface area (Å²) in [6, 6.07) is 7.10. The number of benzene rings is 1. The quantitative estimate of drug-likeness (QED) is 0.558. The lowest BCUT2D eigenvalue weighted by atomic mass is 10.2. The van der Waals surface area contributed by atoms with Gasteiger partial charge in [0.1, 0.15) is 11.6 Å². The summed E-state index contributed by atoms with van der Waals surface area (Å²) in [7, 11) is 6.11. The van der Waals surface area contributed by atoms with Crippen LogP contribution in [0, 0.1) is 10.6 Å². The van der Waals surface area contributed by atoms with Crippen LogP contribution in [0.4, 0.5) is 4.39 Å². The number of nitrogens with zero attached hydrogens (tertiary/aromatic N) is 5. The largest absolute Gasteiger partial charge is 0.303 e. The summed E-state index contributed by atoms with van der Waals surface area (Å²) in [5.74, 6) is 0.834. The molecule has 1 heterocycles. The maximum absolute atomic E-state index is 13.9. The predicted molar refractivity (Wildman–Crippen MR) is 111 cm³/mol. The maximum Gasteiger partial charge on any atom is 0.199 e. The number of unbranched alkanes of at least 4 members (excludes halogenated alkanes) is 1. The molecule has 0 bridgehead atoms. The van der Waals surface area contributed by atoms with Crippen molar-refractivity contribution in [3.05, 3.63) is 46.2 Å². The molecule has 1 unspecified atom stereocenters. The van der Waals surface area contributed by atoms with E-state index in [0.29, 0.717) is 18.8 Å². The second kappa shape index (κ2) is 10.1. The SMILES string of the molecule is CCCCn1c(C(CC)N(C)C)nn(CN(C)Cc2ccccc2F)c1=S. The van der Waals surface area contributed by atoms with Crippen LogP contribution < -0.4 is 0 Å². The van der Waals surface area contributed by atoms with E-state index in [1.54, 1.807) is 6.07 Å². The fourth-order valence-corrected chi connectivity index (χ4v) is 3.58. The average molecular weight is 394 g/mol. The number of aromatic nitrogens is 3. The second-order valence-electron chi connectivity index (χ2n) is 7.28. The normalized spacial score (nSPS) is 12.9. The summed E-state index contributed by atoms with van der Waals surface area (Å²) in [6.07, 6.45) is 3.15. The van der Waals surface area contributed by atoms with Gasteiger partial charge in [-0.3, -0.25) is 9.80 Å². The molecule has 0 aliphatic rings. The lowest BCUT2D eigenvalue weighted by molar-refractivity contribution is 0.236. The van der Waals surface area contributed by atoms with E-state index in [0.717, 1.165) is 36.4 Å². The van der Waals surface area contributed by atoms with Crippen LogP contribution in [-0.2, 0) is 19.8 Å². The van der Waals surface area contributed by atoms with E-state index >= 15 is 0 Å². The van der Waals surface area contributed by atoms with Crippen molar-refractivity contribution >= 4 is 12.2 Å². The monoisotopic (exact) mass is 393 g/mol. The van der Waals surface area contributed by atoms with Crippen LogP contribution in [0.2, 0.25) is 0 Å². The molecule has 0 N–H and O–H groups in total. The van der Waals surface area contributed by atoms with E-state index in [1.807, 2.05) is 28.8 Å². The van der Waals surface area contributed by atoms with Crippen molar-refractivity contribution < 1.29 is 4.39 Å². The molecule has 1 aromatic heterocycles. The smallest absolute Gasteiger partial charge is 0.199 e. The molecule has 0 aliphatic heterocycles. The van der Waals surface area contributed by atoms with Crippen molar-refractivity contribution in [2.45, 2.75) is 58.9 Å². The fourth-order valence-electron chi connectivity index (χ4n) is 3.30. The summed E-state index contributed by atoms with van der Waals surface area (Å²) in [5.41, 5.74) is 0.678. The first-order valence-electron chi connectivity index (χ1n) is 9.64. The lowest BCUT2D eigenvalue weighted by Gasteiger charge is -2.22. The van der Waals surface area contributed by atoms with Gasteiger partial charge in [0, 0.05) is 18.7 Å². The number of rotatable bonds is 10. The Morgan fingerprint density at radius 1 is 1.19 bits per heavy atom. The fraction of sp³-hybridized carbons (Fsp3) is 0.600. The highest BCUT2D eigenvalue weighted by atomic mass is 32.1. The van der Waals surface area contributed by atoms with Gasteiger partial charge in [0.15, 0.2) is 4.77 Å². The van der Waals surface area contributed by atoms with E-state index in [4.69, 9.17) is 17.3 Å². The van der Waals surface area contributed by atoms with E-state index in [9.17, 15) is 4.39 Å². The molecule has 1 aromatic carbocycles. The molecule has 0 fully saturated rings. The third kappa shape index (κ3) is 5.46. The summed E-state index contributed by atoms with van der Waals surface area (Å²) in [6.45, 7) is 6.27. The van der Waals surface area contributed by atoms with Crippen molar-refractivity contribution in [1.29, 1.82) is 0 Å². The molecule has 2 rings (SSSR count). The van der Waals surface area contributed by atoms with Crippen LogP contribution in [0.25, 0.3) is 0 Å². The number of hydrogen-bond donors (Lipinski definition) is 0. The van der Waals surface area contributed by atoms with Crippen molar-refractivity contribution in [3.63, 3.8) is 0 Å². The molecule has 5 nitrogen and oxygen atoms in total. The van der Waals surface area contributed by atoms with E-state index < -0.39 is 0 Å². The highest BCUT2D eigenvalue weighted by molar-refractivity contribution is 7.71. The van der Waals surface area contributed by atoms with Crippen molar-refractivity contribution in [3.8, 4) is 0 Å². The molecule has 150 valence electrons. The Morgan fingerprint density at radius 3 is 2.48 bits per heavy atom. The van der Waals surface area contributed by atoms with Crippen LogP contribution in [-0.4, -0.2) is 45.3 Å². The Hall–Kier alpha value is -1.57. The van der Waals surface area contributed by atoms with Gasteiger partial charge < -0.3 is 4.57 Å². The molecule has 0 saturated heterocycles. The molecule has 0 spiro atoms. The number of halogens is 1. The topological polar surface area (TPSA) is 29.2 Å². The second-order valence-corrected chi connectivity index (χ2v) is 7.65. The molecular formula is C20H32FN5S. The van der Waals surface area contributed by atoms with Crippen LogP contribution in [0.3, 0.4) is 0 Å². The van der Waals surface area contributed by atoms with E-state index in [1.165, 1.54) is 6.07 Å². The van der Waals surface area contributed by atoms with E-state index in [2.05, 4.69) is 37.4 Å². The molecule has 27 heavy (non-hydrogen) atoms. The lowest BCUT2D eigenvalue weighted by Crippen LogP contribution is -2.24. The van der Waals surface area contributed by atoms with Crippen molar-refractivity contribution in [1.82, 2.24) is 24.1 Å². The van der Waals surface area contributed by atoms with Crippen LogP contribution in [0.5, 0.6) is 0 Å². The van der Waals surface area contributed by atoms with E-state index in [-0.39, 0.29) is 11.9 Å². The molecule has 2 aromatic rings. The van der Waals surface area contributed by atoms with Crippen molar-refractivity contribution in [2.75, 3.05) is 21.1 Å². The minimum Gasteiger partial charge on any atom is -0.303 e. The van der Waals surface area contributed by atoms with Gasteiger partial charge in [-0.1, -0.05) is 38.5 Å². The minimum atomic E-state index is -0.180. The van der Waals surface area contributed by atoms with Gasteiger partial charge in [-0.05, 0) is 52.3 Å². The first-order chi connectivity index (χ1) is 12.9. The third-order valence-electron chi connectivity index (χ3n) is 4.77. The molecule has 0 aliphatic carbocycles. The zero-order valence-electron chi connectivity index (χ0n) is 17.2. The third-order valence-corrected chi connectivity index (χ3v) is 5.20.